The lowest BCUT2D eigenvalue weighted by Crippen LogP contribution is -2.34. The minimum atomic E-state index is -3.50. The summed E-state index contributed by atoms with van der Waals surface area (Å²) in [6.07, 6.45) is 0.785. The molecule has 1 atom stereocenters. The first kappa shape index (κ1) is 13.8. The standard InChI is InChI=1S/C12H17ClN2O2S/c1-12(8-14)6-7-15(9-12)18(16,17)11-5-3-2-4-10(11)13/h2-5H,6-9,14H2,1H3. The fourth-order valence-corrected chi connectivity index (χ4v) is 4.23. The van der Waals surface area contributed by atoms with E-state index in [1.807, 2.05) is 6.92 Å². The van der Waals surface area contributed by atoms with Crippen molar-refractivity contribution in [3.8, 4) is 0 Å². The Balaban J connectivity index is 2.32. The Bertz CT molecular complexity index is 547. The van der Waals surface area contributed by atoms with Gasteiger partial charge in [0, 0.05) is 13.1 Å². The second-order valence-electron chi connectivity index (χ2n) is 5.03. The van der Waals surface area contributed by atoms with Crippen molar-refractivity contribution in [2.45, 2.75) is 18.2 Å². The number of rotatable bonds is 3. The summed E-state index contributed by atoms with van der Waals surface area (Å²) in [4.78, 5) is 0.174. The van der Waals surface area contributed by atoms with Crippen LogP contribution in [0.3, 0.4) is 0 Å². The third-order valence-electron chi connectivity index (χ3n) is 3.47. The number of nitrogens with zero attached hydrogens (tertiary/aromatic N) is 1. The van der Waals surface area contributed by atoms with Gasteiger partial charge in [0.25, 0.3) is 0 Å². The molecule has 100 valence electrons. The highest BCUT2D eigenvalue weighted by Gasteiger charge is 2.39. The van der Waals surface area contributed by atoms with Gasteiger partial charge < -0.3 is 5.73 Å². The lowest BCUT2D eigenvalue weighted by molar-refractivity contribution is 0.349. The van der Waals surface area contributed by atoms with Crippen LogP contribution in [0, 0.1) is 5.41 Å². The zero-order valence-electron chi connectivity index (χ0n) is 10.3. The summed E-state index contributed by atoms with van der Waals surface area (Å²) in [6, 6.07) is 6.52. The van der Waals surface area contributed by atoms with Crippen LogP contribution in [0.15, 0.2) is 29.2 Å². The van der Waals surface area contributed by atoms with Crippen molar-refractivity contribution in [2.24, 2.45) is 11.1 Å². The normalized spacial score (nSPS) is 25.5. The summed E-state index contributed by atoms with van der Waals surface area (Å²) in [5, 5.41) is 0.263. The molecule has 4 nitrogen and oxygen atoms in total. The molecular formula is C12H17ClN2O2S. The lowest BCUT2D eigenvalue weighted by Gasteiger charge is -2.22. The van der Waals surface area contributed by atoms with E-state index in [9.17, 15) is 8.42 Å². The Morgan fingerprint density at radius 2 is 2.11 bits per heavy atom. The Morgan fingerprint density at radius 3 is 2.67 bits per heavy atom. The van der Waals surface area contributed by atoms with Crippen LogP contribution < -0.4 is 5.73 Å². The molecule has 0 amide bonds. The predicted octanol–water partition coefficient (Wildman–Crippen LogP) is 1.70. The smallest absolute Gasteiger partial charge is 0.244 e. The highest BCUT2D eigenvalue weighted by Crippen LogP contribution is 2.34. The SMILES string of the molecule is CC1(CN)CCN(S(=O)(=O)c2ccccc2Cl)C1. The molecule has 0 aromatic heterocycles. The molecule has 2 rings (SSSR count). The van der Waals surface area contributed by atoms with Gasteiger partial charge >= 0.3 is 0 Å². The van der Waals surface area contributed by atoms with Gasteiger partial charge in [0.05, 0.1) is 5.02 Å². The quantitative estimate of drug-likeness (QED) is 0.921. The van der Waals surface area contributed by atoms with Gasteiger partial charge in [-0.2, -0.15) is 4.31 Å². The molecule has 1 aromatic carbocycles. The average molecular weight is 289 g/mol. The highest BCUT2D eigenvalue weighted by atomic mass is 35.5. The van der Waals surface area contributed by atoms with E-state index in [0.717, 1.165) is 6.42 Å². The molecule has 1 saturated heterocycles. The van der Waals surface area contributed by atoms with Crippen molar-refractivity contribution in [3.63, 3.8) is 0 Å². The van der Waals surface area contributed by atoms with Gasteiger partial charge in [-0.15, -0.1) is 0 Å². The maximum atomic E-state index is 12.5. The number of hydrogen-bond acceptors (Lipinski definition) is 3. The molecule has 0 radical (unpaired) electrons. The fraction of sp³-hybridized carbons (Fsp3) is 0.500. The molecule has 1 fully saturated rings. The van der Waals surface area contributed by atoms with E-state index in [2.05, 4.69) is 0 Å². The molecule has 1 heterocycles. The van der Waals surface area contributed by atoms with Crippen LogP contribution in [-0.2, 0) is 10.0 Å². The maximum absolute atomic E-state index is 12.5. The molecule has 1 aliphatic heterocycles. The fourth-order valence-electron chi connectivity index (χ4n) is 2.14. The molecule has 0 spiro atoms. The van der Waals surface area contributed by atoms with Gasteiger partial charge in [0.2, 0.25) is 10.0 Å². The Kier molecular flexibility index (Phi) is 3.69. The minimum absolute atomic E-state index is 0.131. The second-order valence-corrected chi connectivity index (χ2v) is 7.35. The number of nitrogens with two attached hydrogens (primary N) is 1. The molecule has 0 saturated carbocycles. The maximum Gasteiger partial charge on any atom is 0.244 e. The Morgan fingerprint density at radius 1 is 1.44 bits per heavy atom. The molecule has 1 aliphatic rings. The zero-order chi connectivity index (χ0) is 13.4. The first-order chi connectivity index (χ1) is 8.39. The summed E-state index contributed by atoms with van der Waals surface area (Å²) in [5.41, 5.74) is 5.56. The molecule has 18 heavy (non-hydrogen) atoms. The molecule has 6 heteroatoms. The number of benzene rings is 1. The summed E-state index contributed by atoms with van der Waals surface area (Å²) >= 11 is 5.96. The van der Waals surface area contributed by atoms with Crippen LogP contribution in [0.4, 0.5) is 0 Å². The van der Waals surface area contributed by atoms with E-state index in [1.54, 1.807) is 18.2 Å². The average Bonchev–Trinajstić information content (AvgIpc) is 2.74. The topological polar surface area (TPSA) is 63.4 Å². The van der Waals surface area contributed by atoms with Crippen LogP contribution >= 0.6 is 11.6 Å². The summed E-state index contributed by atoms with van der Waals surface area (Å²) in [6.45, 7) is 3.45. The van der Waals surface area contributed by atoms with Crippen molar-refractivity contribution in [2.75, 3.05) is 19.6 Å². The lowest BCUT2D eigenvalue weighted by atomic mass is 9.90. The molecule has 1 unspecified atom stereocenters. The van der Waals surface area contributed by atoms with Crippen molar-refractivity contribution >= 4 is 21.6 Å². The van der Waals surface area contributed by atoms with Crippen molar-refractivity contribution in [3.05, 3.63) is 29.3 Å². The Labute approximate surface area is 113 Å². The van der Waals surface area contributed by atoms with E-state index >= 15 is 0 Å². The summed E-state index contributed by atoms with van der Waals surface area (Å²) in [7, 11) is -3.50. The van der Waals surface area contributed by atoms with E-state index < -0.39 is 10.0 Å². The monoisotopic (exact) mass is 288 g/mol. The number of halogens is 1. The number of hydrogen-bond donors (Lipinski definition) is 1. The van der Waals surface area contributed by atoms with Crippen LogP contribution in [0.25, 0.3) is 0 Å². The van der Waals surface area contributed by atoms with Crippen molar-refractivity contribution in [1.82, 2.24) is 4.31 Å². The van der Waals surface area contributed by atoms with Gasteiger partial charge in [0.15, 0.2) is 0 Å². The number of sulfonamides is 1. The van der Waals surface area contributed by atoms with E-state index in [0.29, 0.717) is 19.6 Å². The molecule has 0 bridgehead atoms. The van der Waals surface area contributed by atoms with Gasteiger partial charge in [-0.1, -0.05) is 30.7 Å². The summed E-state index contributed by atoms with van der Waals surface area (Å²) in [5.74, 6) is 0. The Hall–Kier alpha value is -0.620. The predicted molar refractivity (Wildman–Crippen MR) is 72.0 cm³/mol. The highest BCUT2D eigenvalue weighted by molar-refractivity contribution is 7.89. The zero-order valence-corrected chi connectivity index (χ0v) is 11.8. The van der Waals surface area contributed by atoms with Gasteiger partial charge in [0.1, 0.15) is 4.90 Å². The largest absolute Gasteiger partial charge is 0.330 e. The first-order valence-electron chi connectivity index (χ1n) is 5.84. The van der Waals surface area contributed by atoms with Crippen LogP contribution in [0.5, 0.6) is 0 Å². The van der Waals surface area contributed by atoms with Crippen LogP contribution in [0.2, 0.25) is 5.02 Å². The molecule has 0 aliphatic carbocycles. The van der Waals surface area contributed by atoms with Gasteiger partial charge in [-0.25, -0.2) is 8.42 Å². The van der Waals surface area contributed by atoms with Crippen molar-refractivity contribution in [1.29, 1.82) is 0 Å². The van der Waals surface area contributed by atoms with Crippen LogP contribution in [0.1, 0.15) is 13.3 Å². The van der Waals surface area contributed by atoms with Crippen molar-refractivity contribution < 1.29 is 8.42 Å². The van der Waals surface area contributed by atoms with Gasteiger partial charge in [-0.05, 0) is 30.5 Å². The first-order valence-corrected chi connectivity index (χ1v) is 7.66. The van der Waals surface area contributed by atoms with E-state index in [4.69, 9.17) is 17.3 Å². The minimum Gasteiger partial charge on any atom is -0.330 e. The third-order valence-corrected chi connectivity index (χ3v) is 5.82. The summed E-state index contributed by atoms with van der Waals surface area (Å²) < 4.78 is 26.4. The van der Waals surface area contributed by atoms with E-state index in [1.165, 1.54) is 10.4 Å². The van der Waals surface area contributed by atoms with Gasteiger partial charge in [-0.3, -0.25) is 0 Å². The molecule has 1 aromatic rings. The van der Waals surface area contributed by atoms with E-state index in [-0.39, 0.29) is 15.3 Å². The molecule has 2 N–H and O–H groups in total. The molecular weight excluding hydrogens is 272 g/mol. The second kappa shape index (κ2) is 4.81. The third kappa shape index (κ3) is 2.40. The van der Waals surface area contributed by atoms with Crippen LogP contribution in [-0.4, -0.2) is 32.4 Å².